The van der Waals surface area contributed by atoms with Gasteiger partial charge in [-0.05, 0) is 24.3 Å². The maximum Gasteiger partial charge on any atom is 0.273 e. The number of carbonyl (C=O) groups is 1. The molecule has 9 heteroatoms. The highest BCUT2D eigenvalue weighted by Gasteiger charge is 2.39. The van der Waals surface area contributed by atoms with Crippen LogP contribution in [0.2, 0.25) is 0 Å². The van der Waals surface area contributed by atoms with E-state index in [-0.39, 0.29) is 11.3 Å². The lowest BCUT2D eigenvalue weighted by atomic mass is 10.1. The second-order valence-electron chi connectivity index (χ2n) is 5.25. The van der Waals surface area contributed by atoms with Crippen molar-refractivity contribution < 1.29 is 27.1 Å². The van der Waals surface area contributed by atoms with E-state index in [2.05, 4.69) is 0 Å². The first kappa shape index (κ1) is 16.9. The smallest absolute Gasteiger partial charge is 0.273 e. The number of para-hydroxylation sites is 1. The van der Waals surface area contributed by atoms with Crippen LogP contribution in [0.4, 0.5) is 20.2 Å². The Bertz CT molecular complexity index is 1020. The van der Waals surface area contributed by atoms with E-state index in [1.54, 1.807) is 12.1 Å². The number of fused-ring (bicyclic) bond motifs is 1. The Hall–Kier alpha value is -2.94. The van der Waals surface area contributed by atoms with Gasteiger partial charge in [0.05, 0.1) is 11.4 Å². The third-order valence-electron chi connectivity index (χ3n) is 3.71. The summed E-state index contributed by atoms with van der Waals surface area (Å²) in [5.74, 6) is -3.80. The zero-order chi connectivity index (χ0) is 18.4. The Kier molecular flexibility index (Phi) is 3.96. The summed E-state index contributed by atoms with van der Waals surface area (Å²) in [6, 6.07) is 8.38. The predicted octanol–water partition coefficient (Wildman–Crippen LogP) is 2.61. The van der Waals surface area contributed by atoms with Gasteiger partial charge in [-0.25, -0.2) is 17.2 Å². The topological polar surface area (TPSA) is 86.7 Å². The maximum absolute atomic E-state index is 13.7. The molecule has 1 heterocycles. The molecule has 1 amide bonds. The minimum Gasteiger partial charge on any atom is -0.506 e. The number of hydrogen-bond acceptors (Lipinski definition) is 4. The lowest BCUT2D eigenvalue weighted by Gasteiger charge is -2.28. The monoisotopic (exact) mass is 366 g/mol. The molecule has 25 heavy (non-hydrogen) atoms. The van der Waals surface area contributed by atoms with Gasteiger partial charge >= 0.3 is 0 Å². The first-order valence-corrected chi connectivity index (χ1v) is 8.45. The average Bonchev–Trinajstić information content (AvgIpc) is 2.56. The molecule has 6 nitrogen and oxygen atoms in total. The molecule has 0 unspecified atom stereocenters. The van der Waals surface area contributed by atoms with E-state index in [4.69, 9.17) is 0 Å². The maximum atomic E-state index is 13.7. The van der Waals surface area contributed by atoms with E-state index in [0.717, 1.165) is 16.4 Å². The highest BCUT2D eigenvalue weighted by Crippen LogP contribution is 2.37. The molecule has 0 fully saturated rings. The molecular formula is C16H12F2N2O4S. The first-order valence-electron chi connectivity index (χ1n) is 7.01. The van der Waals surface area contributed by atoms with E-state index in [0.29, 0.717) is 6.07 Å². The van der Waals surface area contributed by atoms with Crippen molar-refractivity contribution in [2.45, 2.75) is 0 Å². The second-order valence-corrected chi connectivity index (χ2v) is 7.15. The Morgan fingerprint density at radius 1 is 1.16 bits per heavy atom. The number of rotatable bonds is 2. The lowest BCUT2D eigenvalue weighted by Crippen LogP contribution is -2.37. The fourth-order valence-electron chi connectivity index (χ4n) is 2.46. The van der Waals surface area contributed by atoms with E-state index in [1.165, 1.54) is 19.2 Å². The van der Waals surface area contributed by atoms with Crippen molar-refractivity contribution in [3.8, 4) is 0 Å². The van der Waals surface area contributed by atoms with Gasteiger partial charge in [0.1, 0.15) is 11.6 Å². The summed E-state index contributed by atoms with van der Waals surface area (Å²) < 4.78 is 52.8. The molecule has 0 spiro atoms. The first-order chi connectivity index (χ1) is 11.7. The second kappa shape index (κ2) is 5.85. The molecule has 0 bridgehead atoms. The Morgan fingerprint density at radius 2 is 1.84 bits per heavy atom. The summed E-state index contributed by atoms with van der Waals surface area (Å²) in [4.78, 5) is 11.4. The largest absolute Gasteiger partial charge is 0.506 e. The minimum atomic E-state index is -4.37. The summed E-state index contributed by atoms with van der Waals surface area (Å²) >= 11 is 0. The molecule has 0 atom stereocenters. The molecule has 2 N–H and O–H groups in total. The number of hydrogen-bond donors (Lipinski definition) is 2. The molecule has 1 aliphatic heterocycles. The highest BCUT2D eigenvalue weighted by atomic mass is 32.2. The summed E-state index contributed by atoms with van der Waals surface area (Å²) in [5, 5.41) is 12.3. The van der Waals surface area contributed by atoms with Crippen LogP contribution in [-0.2, 0) is 14.8 Å². The predicted molar refractivity (Wildman–Crippen MR) is 88.3 cm³/mol. The number of anilines is 2. The van der Waals surface area contributed by atoms with E-state index >= 15 is 0 Å². The van der Waals surface area contributed by atoms with Gasteiger partial charge in [-0.2, -0.15) is 0 Å². The molecule has 0 radical (unpaired) electrons. The Labute approximate surface area is 142 Å². The van der Waals surface area contributed by atoms with Crippen LogP contribution in [0, 0.1) is 11.6 Å². The van der Waals surface area contributed by atoms with Gasteiger partial charge < -0.3 is 10.4 Å². The molecule has 0 saturated heterocycles. The zero-order valence-corrected chi connectivity index (χ0v) is 13.6. The van der Waals surface area contributed by atoms with Crippen molar-refractivity contribution in [2.24, 2.45) is 0 Å². The van der Waals surface area contributed by atoms with Crippen LogP contribution in [0.25, 0.3) is 5.76 Å². The van der Waals surface area contributed by atoms with Gasteiger partial charge in [-0.15, -0.1) is 0 Å². The third kappa shape index (κ3) is 2.72. The number of nitrogens with one attached hydrogen (secondary N) is 1. The number of halogens is 2. The summed E-state index contributed by atoms with van der Waals surface area (Å²) in [5.41, 5.74) is -0.222. The number of aliphatic hydroxyl groups is 1. The normalized spacial score (nSPS) is 15.7. The summed E-state index contributed by atoms with van der Waals surface area (Å²) in [6.07, 6.45) is 0. The van der Waals surface area contributed by atoms with Crippen LogP contribution in [-0.4, -0.2) is 26.5 Å². The van der Waals surface area contributed by atoms with Crippen molar-refractivity contribution in [1.82, 2.24) is 0 Å². The van der Waals surface area contributed by atoms with Gasteiger partial charge in [-0.3, -0.25) is 9.10 Å². The van der Waals surface area contributed by atoms with Gasteiger partial charge in [0.15, 0.2) is 10.7 Å². The summed E-state index contributed by atoms with van der Waals surface area (Å²) in [7, 11) is -3.15. The standard InChI is InChI=1S/C16H12F2N2O4S/c1-20-13-5-3-2-4-10(13)14(21)15(25(20,23)24)16(22)19-12-8-9(17)6-7-11(12)18/h2-8,21H,1H3,(H,19,22). The number of aliphatic hydroxyl groups excluding tert-OH is 1. The molecular weight excluding hydrogens is 354 g/mol. The molecule has 130 valence electrons. The Balaban J connectivity index is 2.11. The lowest BCUT2D eigenvalue weighted by molar-refractivity contribution is -0.112. The number of nitrogens with zero attached hydrogens (tertiary/aromatic N) is 1. The number of benzene rings is 2. The molecule has 2 aromatic rings. The van der Waals surface area contributed by atoms with Crippen molar-refractivity contribution >= 4 is 33.1 Å². The summed E-state index contributed by atoms with van der Waals surface area (Å²) in [6.45, 7) is 0. The van der Waals surface area contributed by atoms with Crippen LogP contribution >= 0.6 is 0 Å². The zero-order valence-electron chi connectivity index (χ0n) is 12.8. The van der Waals surface area contributed by atoms with Crippen LogP contribution in [0.5, 0.6) is 0 Å². The van der Waals surface area contributed by atoms with Gasteiger partial charge in [0, 0.05) is 18.7 Å². The van der Waals surface area contributed by atoms with Gasteiger partial charge in [0.25, 0.3) is 15.9 Å². The molecule has 1 aliphatic rings. The minimum absolute atomic E-state index is 0.129. The fourth-order valence-corrected chi connectivity index (χ4v) is 3.79. The number of amides is 1. The number of sulfonamides is 1. The quantitative estimate of drug-likeness (QED) is 0.855. The van der Waals surface area contributed by atoms with Crippen LogP contribution < -0.4 is 9.62 Å². The average molecular weight is 366 g/mol. The molecule has 0 aromatic heterocycles. The number of carbonyl (C=O) groups excluding carboxylic acids is 1. The van der Waals surface area contributed by atoms with Gasteiger partial charge in [-0.1, -0.05) is 12.1 Å². The Morgan fingerprint density at radius 3 is 2.56 bits per heavy atom. The van der Waals surface area contributed by atoms with Crippen LogP contribution in [0.1, 0.15) is 5.56 Å². The van der Waals surface area contributed by atoms with Crippen LogP contribution in [0.15, 0.2) is 47.4 Å². The van der Waals surface area contributed by atoms with E-state index < -0.39 is 43.9 Å². The van der Waals surface area contributed by atoms with Crippen LogP contribution in [0.3, 0.4) is 0 Å². The van der Waals surface area contributed by atoms with Gasteiger partial charge in [0.2, 0.25) is 0 Å². The molecule has 0 aliphatic carbocycles. The highest BCUT2D eigenvalue weighted by molar-refractivity contribution is 7.97. The van der Waals surface area contributed by atoms with Crippen molar-refractivity contribution in [3.63, 3.8) is 0 Å². The van der Waals surface area contributed by atoms with Crippen molar-refractivity contribution in [2.75, 3.05) is 16.7 Å². The van der Waals surface area contributed by atoms with E-state index in [9.17, 15) is 27.1 Å². The van der Waals surface area contributed by atoms with Crippen molar-refractivity contribution in [3.05, 3.63) is 64.6 Å². The SMILES string of the molecule is CN1c2ccccc2C(O)=C(C(=O)Nc2cc(F)ccc2F)S1(=O)=O. The molecule has 0 saturated carbocycles. The van der Waals surface area contributed by atoms with Crippen molar-refractivity contribution in [1.29, 1.82) is 0 Å². The third-order valence-corrected chi connectivity index (χ3v) is 5.53. The molecule has 2 aromatic carbocycles. The van der Waals surface area contributed by atoms with E-state index in [1.807, 2.05) is 5.32 Å². The fraction of sp³-hybridized carbons (Fsp3) is 0.0625. The molecule has 3 rings (SSSR count).